The van der Waals surface area contributed by atoms with Gasteiger partial charge in [-0.1, -0.05) is 39.0 Å². The molecule has 0 bridgehead atoms. The molecule has 1 aliphatic heterocycles. The zero-order chi connectivity index (χ0) is 15.0. The van der Waals surface area contributed by atoms with Crippen LogP contribution >= 0.6 is 0 Å². The summed E-state index contributed by atoms with van der Waals surface area (Å²) in [6, 6.07) is 0. The van der Waals surface area contributed by atoms with Crippen LogP contribution in [0.3, 0.4) is 0 Å². The molecule has 5 atom stereocenters. The first kappa shape index (κ1) is 17.8. The minimum absolute atomic E-state index is 0.425. The Balaban J connectivity index is 2.21. The highest BCUT2D eigenvalue weighted by atomic mass is 16.7. The minimum Gasteiger partial charge on any atom is -0.394 e. The van der Waals surface area contributed by atoms with Gasteiger partial charge in [-0.25, -0.2) is 0 Å². The van der Waals surface area contributed by atoms with E-state index in [9.17, 15) is 15.3 Å². The van der Waals surface area contributed by atoms with Gasteiger partial charge in [-0.15, -0.1) is 0 Å². The molecule has 6 nitrogen and oxygen atoms in total. The van der Waals surface area contributed by atoms with E-state index in [0.717, 1.165) is 19.3 Å². The molecule has 0 amide bonds. The van der Waals surface area contributed by atoms with Gasteiger partial charge in [0.1, 0.15) is 24.4 Å². The lowest BCUT2D eigenvalue weighted by atomic mass is 9.99. The first-order valence-electron chi connectivity index (χ1n) is 7.54. The quantitative estimate of drug-likeness (QED) is 0.452. The maximum absolute atomic E-state index is 9.75. The highest BCUT2D eigenvalue weighted by Crippen LogP contribution is 2.22. The number of aliphatic hydroxyl groups is 4. The van der Waals surface area contributed by atoms with Gasteiger partial charge < -0.3 is 29.9 Å². The van der Waals surface area contributed by atoms with Gasteiger partial charge in [0.2, 0.25) is 0 Å². The van der Waals surface area contributed by atoms with E-state index in [1.54, 1.807) is 0 Å². The number of unbranched alkanes of at least 4 members (excludes halogenated alkanes) is 5. The average molecular weight is 292 g/mol. The second-order valence-electron chi connectivity index (χ2n) is 5.34. The SMILES string of the molecule is CCCCCCCCO[C@@H]1O[C@H](CO)C(O)C(O)[C@H]1O. The lowest BCUT2D eigenvalue weighted by Crippen LogP contribution is -2.59. The molecule has 20 heavy (non-hydrogen) atoms. The fourth-order valence-corrected chi connectivity index (χ4v) is 2.29. The van der Waals surface area contributed by atoms with Gasteiger partial charge in [-0.2, -0.15) is 0 Å². The number of aliphatic hydroxyl groups excluding tert-OH is 4. The van der Waals surface area contributed by atoms with Gasteiger partial charge in [-0.3, -0.25) is 0 Å². The van der Waals surface area contributed by atoms with E-state index in [-0.39, 0.29) is 0 Å². The molecule has 0 aromatic rings. The Morgan fingerprint density at radius 2 is 1.55 bits per heavy atom. The standard InChI is InChI=1S/C14H28O6/c1-2-3-4-5-6-7-8-19-14-13(18)12(17)11(16)10(9-15)20-14/h10-18H,2-9H2,1H3/t10-,11?,12?,13-,14-/m1/s1. The fourth-order valence-electron chi connectivity index (χ4n) is 2.29. The Kier molecular flexibility index (Phi) is 8.60. The first-order chi connectivity index (χ1) is 9.61. The number of rotatable bonds is 9. The minimum atomic E-state index is -1.37. The fraction of sp³-hybridized carbons (Fsp3) is 1.00. The van der Waals surface area contributed by atoms with Gasteiger partial charge in [0.25, 0.3) is 0 Å². The summed E-state index contributed by atoms with van der Waals surface area (Å²) in [6.07, 6.45) is 0.851. The summed E-state index contributed by atoms with van der Waals surface area (Å²) in [5, 5.41) is 38.0. The zero-order valence-electron chi connectivity index (χ0n) is 12.1. The van der Waals surface area contributed by atoms with Crippen molar-refractivity contribution in [3.8, 4) is 0 Å². The molecular formula is C14H28O6. The van der Waals surface area contributed by atoms with Crippen molar-refractivity contribution in [2.24, 2.45) is 0 Å². The largest absolute Gasteiger partial charge is 0.394 e. The van der Waals surface area contributed by atoms with E-state index in [1.807, 2.05) is 0 Å². The predicted octanol–water partition coefficient (Wildman–Crippen LogP) is 0.163. The van der Waals surface area contributed by atoms with Crippen LogP contribution in [-0.4, -0.2) is 64.3 Å². The summed E-state index contributed by atoms with van der Waals surface area (Å²) in [7, 11) is 0. The summed E-state index contributed by atoms with van der Waals surface area (Å²) in [4.78, 5) is 0. The van der Waals surface area contributed by atoms with Crippen LogP contribution in [0.2, 0.25) is 0 Å². The molecular weight excluding hydrogens is 264 g/mol. The molecule has 0 spiro atoms. The van der Waals surface area contributed by atoms with Crippen LogP contribution in [0.15, 0.2) is 0 Å². The third-order valence-electron chi connectivity index (χ3n) is 3.63. The second-order valence-corrected chi connectivity index (χ2v) is 5.34. The van der Waals surface area contributed by atoms with Crippen LogP contribution in [0.4, 0.5) is 0 Å². The van der Waals surface area contributed by atoms with Crippen LogP contribution < -0.4 is 0 Å². The van der Waals surface area contributed by atoms with Crippen molar-refractivity contribution in [3.05, 3.63) is 0 Å². The molecule has 120 valence electrons. The Morgan fingerprint density at radius 3 is 2.20 bits per heavy atom. The highest BCUT2D eigenvalue weighted by Gasteiger charge is 2.43. The van der Waals surface area contributed by atoms with Gasteiger partial charge in [0.15, 0.2) is 6.29 Å². The normalized spacial score (nSPS) is 34.4. The van der Waals surface area contributed by atoms with Crippen LogP contribution in [0.5, 0.6) is 0 Å². The van der Waals surface area contributed by atoms with Crippen molar-refractivity contribution >= 4 is 0 Å². The second kappa shape index (κ2) is 9.65. The molecule has 1 fully saturated rings. The van der Waals surface area contributed by atoms with Crippen molar-refractivity contribution < 1.29 is 29.9 Å². The molecule has 0 aromatic heterocycles. The van der Waals surface area contributed by atoms with E-state index in [2.05, 4.69) is 6.92 Å². The lowest BCUT2D eigenvalue weighted by molar-refractivity contribution is -0.301. The first-order valence-corrected chi connectivity index (χ1v) is 7.54. The topological polar surface area (TPSA) is 99.4 Å². The van der Waals surface area contributed by atoms with E-state index in [4.69, 9.17) is 14.6 Å². The van der Waals surface area contributed by atoms with Crippen molar-refractivity contribution in [1.29, 1.82) is 0 Å². The molecule has 6 heteroatoms. The maximum atomic E-state index is 9.75. The van der Waals surface area contributed by atoms with Crippen LogP contribution in [0.1, 0.15) is 45.4 Å². The average Bonchev–Trinajstić information content (AvgIpc) is 2.46. The van der Waals surface area contributed by atoms with E-state index >= 15 is 0 Å². The Labute approximate surface area is 120 Å². The lowest BCUT2D eigenvalue weighted by Gasteiger charge is -2.39. The Morgan fingerprint density at radius 1 is 0.900 bits per heavy atom. The molecule has 0 aromatic carbocycles. The van der Waals surface area contributed by atoms with Crippen LogP contribution in [-0.2, 0) is 9.47 Å². The molecule has 4 N–H and O–H groups in total. The Bertz CT molecular complexity index is 248. The molecule has 1 saturated heterocycles. The summed E-state index contributed by atoms with van der Waals surface area (Å²) in [5.74, 6) is 0. The van der Waals surface area contributed by atoms with Crippen molar-refractivity contribution in [2.75, 3.05) is 13.2 Å². The van der Waals surface area contributed by atoms with Crippen molar-refractivity contribution in [3.63, 3.8) is 0 Å². The van der Waals surface area contributed by atoms with E-state index in [1.165, 1.54) is 19.3 Å². The van der Waals surface area contributed by atoms with Gasteiger partial charge in [0, 0.05) is 6.61 Å². The van der Waals surface area contributed by atoms with Crippen molar-refractivity contribution in [2.45, 2.75) is 76.2 Å². The monoisotopic (exact) mass is 292 g/mol. The Hall–Kier alpha value is -0.240. The van der Waals surface area contributed by atoms with E-state index < -0.39 is 37.3 Å². The summed E-state index contributed by atoms with van der Waals surface area (Å²) in [5.41, 5.74) is 0. The maximum Gasteiger partial charge on any atom is 0.186 e. The number of ether oxygens (including phenoxy) is 2. The van der Waals surface area contributed by atoms with Gasteiger partial charge >= 0.3 is 0 Å². The third-order valence-corrected chi connectivity index (χ3v) is 3.63. The zero-order valence-corrected chi connectivity index (χ0v) is 12.1. The molecule has 0 aliphatic carbocycles. The van der Waals surface area contributed by atoms with Crippen molar-refractivity contribution in [1.82, 2.24) is 0 Å². The summed E-state index contributed by atoms with van der Waals surface area (Å²) >= 11 is 0. The molecule has 1 heterocycles. The van der Waals surface area contributed by atoms with Gasteiger partial charge in [-0.05, 0) is 6.42 Å². The van der Waals surface area contributed by atoms with Crippen LogP contribution in [0, 0.1) is 0 Å². The van der Waals surface area contributed by atoms with Gasteiger partial charge in [0.05, 0.1) is 6.61 Å². The molecule has 1 aliphatic rings. The smallest absolute Gasteiger partial charge is 0.186 e. The third kappa shape index (κ3) is 5.27. The number of hydrogen-bond donors (Lipinski definition) is 4. The molecule has 0 saturated carbocycles. The predicted molar refractivity (Wildman–Crippen MR) is 73.1 cm³/mol. The van der Waals surface area contributed by atoms with Crippen LogP contribution in [0.25, 0.3) is 0 Å². The molecule has 1 rings (SSSR count). The summed E-state index contributed by atoms with van der Waals surface area (Å²) < 4.78 is 10.6. The highest BCUT2D eigenvalue weighted by molar-refractivity contribution is 4.88. The summed E-state index contributed by atoms with van der Waals surface area (Å²) in [6.45, 7) is 2.17. The molecule has 0 radical (unpaired) electrons. The number of hydrogen-bond acceptors (Lipinski definition) is 6. The molecule has 2 unspecified atom stereocenters. The van der Waals surface area contributed by atoms with E-state index in [0.29, 0.717) is 6.61 Å².